The molecule has 1 aliphatic heterocycles. The molecule has 98 valence electrons. The molecule has 4 nitrogen and oxygen atoms in total. The maximum Gasteiger partial charge on any atom is 0.244 e. The summed E-state index contributed by atoms with van der Waals surface area (Å²) < 4.78 is 0. The number of piperidine rings is 1. The van der Waals surface area contributed by atoms with Gasteiger partial charge in [0.1, 0.15) is 6.04 Å². The van der Waals surface area contributed by atoms with Gasteiger partial charge in [-0.15, -0.1) is 0 Å². The molecular formula is C14H20N2O2. The summed E-state index contributed by atoms with van der Waals surface area (Å²) in [5.41, 5.74) is 6.84. The van der Waals surface area contributed by atoms with E-state index in [0.29, 0.717) is 6.54 Å². The van der Waals surface area contributed by atoms with Crippen molar-refractivity contribution in [3.63, 3.8) is 0 Å². The summed E-state index contributed by atoms with van der Waals surface area (Å²) >= 11 is 0. The number of aliphatic hydroxyl groups excluding tert-OH is 1. The number of amides is 1. The lowest BCUT2D eigenvalue weighted by atomic mass is 9.99. The normalized spacial score (nSPS) is 21.7. The number of likely N-dealkylation sites (tertiary alicyclic amines) is 1. The van der Waals surface area contributed by atoms with Gasteiger partial charge >= 0.3 is 0 Å². The smallest absolute Gasteiger partial charge is 0.244 e. The lowest BCUT2D eigenvalue weighted by Gasteiger charge is -2.36. The van der Waals surface area contributed by atoms with Crippen molar-refractivity contribution in [2.24, 2.45) is 5.73 Å². The SMILES string of the molecule is N[C@H](C(=O)N1CCCCC1CO)c1ccccc1. The third kappa shape index (κ3) is 2.71. The third-order valence-electron chi connectivity index (χ3n) is 3.55. The standard InChI is InChI=1S/C14H20N2O2/c15-13(11-6-2-1-3-7-11)14(18)16-9-5-4-8-12(16)10-17/h1-3,6-7,12-13,17H,4-5,8-10,15H2/t12?,13-/m0/s1. The highest BCUT2D eigenvalue weighted by molar-refractivity contribution is 5.83. The number of rotatable bonds is 3. The molecule has 1 aromatic rings. The Kier molecular flexibility index (Phi) is 4.33. The van der Waals surface area contributed by atoms with E-state index in [4.69, 9.17) is 5.73 Å². The second-order valence-corrected chi connectivity index (χ2v) is 4.75. The Hall–Kier alpha value is -1.39. The van der Waals surface area contributed by atoms with Crippen molar-refractivity contribution in [2.45, 2.75) is 31.3 Å². The van der Waals surface area contributed by atoms with E-state index in [0.717, 1.165) is 24.8 Å². The lowest BCUT2D eigenvalue weighted by molar-refractivity contribution is -0.137. The van der Waals surface area contributed by atoms with E-state index in [1.54, 1.807) is 4.90 Å². The van der Waals surface area contributed by atoms with Crippen LogP contribution in [0, 0.1) is 0 Å². The Morgan fingerprint density at radius 1 is 1.39 bits per heavy atom. The first-order valence-corrected chi connectivity index (χ1v) is 6.46. The lowest BCUT2D eigenvalue weighted by Crippen LogP contribution is -2.49. The number of carbonyl (C=O) groups is 1. The topological polar surface area (TPSA) is 66.6 Å². The van der Waals surface area contributed by atoms with Gasteiger partial charge in [0.25, 0.3) is 0 Å². The summed E-state index contributed by atoms with van der Waals surface area (Å²) in [6.45, 7) is 0.720. The van der Waals surface area contributed by atoms with Crippen LogP contribution >= 0.6 is 0 Å². The van der Waals surface area contributed by atoms with Gasteiger partial charge in [-0.1, -0.05) is 30.3 Å². The van der Waals surface area contributed by atoms with E-state index in [9.17, 15) is 9.90 Å². The number of hydrogen-bond donors (Lipinski definition) is 2. The zero-order valence-electron chi connectivity index (χ0n) is 10.5. The fourth-order valence-electron chi connectivity index (χ4n) is 2.46. The number of carbonyl (C=O) groups excluding carboxylic acids is 1. The van der Waals surface area contributed by atoms with Crippen molar-refractivity contribution in [1.82, 2.24) is 4.90 Å². The molecule has 1 saturated heterocycles. The first kappa shape index (κ1) is 13.1. The van der Waals surface area contributed by atoms with Crippen molar-refractivity contribution in [1.29, 1.82) is 0 Å². The van der Waals surface area contributed by atoms with Gasteiger partial charge in [-0.25, -0.2) is 0 Å². The molecule has 0 spiro atoms. The zero-order valence-corrected chi connectivity index (χ0v) is 10.5. The van der Waals surface area contributed by atoms with E-state index >= 15 is 0 Å². The number of hydrogen-bond acceptors (Lipinski definition) is 3. The molecule has 1 aliphatic rings. The van der Waals surface area contributed by atoms with Crippen LogP contribution < -0.4 is 5.73 Å². The maximum atomic E-state index is 12.4. The minimum atomic E-state index is -0.627. The van der Waals surface area contributed by atoms with E-state index in [1.807, 2.05) is 30.3 Å². The number of aliphatic hydroxyl groups is 1. The summed E-state index contributed by atoms with van der Waals surface area (Å²) in [4.78, 5) is 14.1. The van der Waals surface area contributed by atoms with Crippen molar-refractivity contribution >= 4 is 5.91 Å². The molecule has 18 heavy (non-hydrogen) atoms. The quantitative estimate of drug-likeness (QED) is 0.840. The predicted molar refractivity (Wildman–Crippen MR) is 69.8 cm³/mol. The molecule has 1 heterocycles. The molecular weight excluding hydrogens is 228 g/mol. The van der Waals surface area contributed by atoms with Gasteiger partial charge in [0.2, 0.25) is 5.91 Å². The van der Waals surface area contributed by atoms with Gasteiger partial charge in [-0.05, 0) is 24.8 Å². The fraction of sp³-hybridized carbons (Fsp3) is 0.500. The molecule has 2 rings (SSSR count). The van der Waals surface area contributed by atoms with Gasteiger partial charge in [0, 0.05) is 6.54 Å². The number of nitrogens with two attached hydrogens (primary N) is 1. The summed E-state index contributed by atoms with van der Waals surface area (Å²) in [6.07, 6.45) is 2.92. The molecule has 4 heteroatoms. The second kappa shape index (κ2) is 5.98. The molecule has 2 atom stereocenters. The summed E-state index contributed by atoms with van der Waals surface area (Å²) in [6, 6.07) is 8.68. The van der Waals surface area contributed by atoms with E-state index in [2.05, 4.69) is 0 Å². The van der Waals surface area contributed by atoms with Crippen LogP contribution in [0.5, 0.6) is 0 Å². The van der Waals surface area contributed by atoms with Crippen LogP contribution in [0.15, 0.2) is 30.3 Å². The Bertz CT molecular complexity index is 394. The van der Waals surface area contributed by atoms with Gasteiger partial charge in [-0.3, -0.25) is 4.79 Å². The summed E-state index contributed by atoms with van der Waals surface area (Å²) in [7, 11) is 0. The highest BCUT2D eigenvalue weighted by atomic mass is 16.3. The van der Waals surface area contributed by atoms with Gasteiger partial charge in [-0.2, -0.15) is 0 Å². The molecule has 1 fully saturated rings. The minimum Gasteiger partial charge on any atom is -0.394 e. The Balaban J connectivity index is 2.10. The molecule has 1 unspecified atom stereocenters. The van der Waals surface area contributed by atoms with Gasteiger partial charge in [0.15, 0.2) is 0 Å². The molecule has 0 aliphatic carbocycles. The van der Waals surface area contributed by atoms with Crippen LogP contribution in [0.25, 0.3) is 0 Å². The van der Waals surface area contributed by atoms with Crippen molar-refractivity contribution in [3.05, 3.63) is 35.9 Å². The van der Waals surface area contributed by atoms with Crippen LogP contribution in [-0.2, 0) is 4.79 Å². The average molecular weight is 248 g/mol. The van der Waals surface area contributed by atoms with E-state index in [1.165, 1.54) is 0 Å². The molecule has 0 aromatic heterocycles. The number of nitrogens with zero attached hydrogens (tertiary/aromatic N) is 1. The second-order valence-electron chi connectivity index (χ2n) is 4.75. The van der Waals surface area contributed by atoms with Crippen molar-refractivity contribution < 1.29 is 9.90 Å². The van der Waals surface area contributed by atoms with Crippen LogP contribution in [0.1, 0.15) is 30.9 Å². The highest BCUT2D eigenvalue weighted by Gasteiger charge is 2.29. The van der Waals surface area contributed by atoms with Crippen LogP contribution in [-0.4, -0.2) is 35.1 Å². The van der Waals surface area contributed by atoms with Crippen LogP contribution in [0.4, 0.5) is 0 Å². The van der Waals surface area contributed by atoms with Gasteiger partial charge in [0.05, 0.1) is 12.6 Å². The Morgan fingerprint density at radius 3 is 2.78 bits per heavy atom. The number of benzene rings is 1. The van der Waals surface area contributed by atoms with Gasteiger partial charge < -0.3 is 15.7 Å². The van der Waals surface area contributed by atoms with Crippen molar-refractivity contribution in [3.8, 4) is 0 Å². The third-order valence-corrected chi connectivity index (χ3v) is 3.55. The van der Waals surface area contributed by atoms with Crippen LogP contribution in [0.2, 0.25) is 0 Å². The minimum absolute atomic E-state index is 0.0211. The molecule has 0 radical (unpaired) electrons. The van der Waals surface area contributed by atoms with Crippen LogP contribution in [0.3, 0.4) is 0 Å². The fourth-order valence-corrected chi connectivity index (χ4v) is 2.46. The molecule has 0 saturated carbocycles. The van der Waals surface area contributed by atoms with E-state index in [-0.39, 0.29) is 18.6 Å². The first-order chi connectivity index (χ1) is 8.74. The molecule has 0 bridgehead atoms. The summed E-state index contributed by atoms with van der Waals surface area (Å²) in [5.74, 6) is -0.0834. The maximum absolute atomic E-state index is 12.4. The zero-order chi connectivity index (χ0) is 13.0. The Morgan fingerprint density at radius 2 is 2.11 bits per heavy atom. The molecule has 3 N–H and O–H groups in total. The highest BCUT2D eigenvalue weighted by Crippen LogP contribution is 2.21. The van der Waals surface area contributed by atoms with Crippen molar-refractivity contribution in [2.75, 3.05) is 13.2 Å². The average Bonchev–Trinajstić information content (AvgIpc) is 2.46. The first-order valence-electron chi connectivity index (χ1n) is 6.46. The Labute approximate surface area is 107 Å². The molecule has 1 amide bonds. The monoisotopic (exact) mass is 248 g/mol. The molecule has 1 aromatic carbocycles. The van der Waals surface area contributed by atoms with E-state index < -0.39 is 6.04 Å². The largest absolute Gasteiger partial charge is 0.394 e. The predicted octanol–water partition coefficient (Wildman–Crippen LogP) is 1.06. The summed E-state index contributed by atoms with van der Waals surface area (Å²) in [5, 5.41) is 9.33.